The van der Waals surface area contributed by atoms with Crippen molar-refractivity contribution in [2.75, 3.05) is 26.9 Å². The van der Waals surface area contributed by atoms with Crippen LogP contribution in [-0.2, 0) is 4.79 Å². The Hall–Kier alpha value is -1.75. The Labute approximate surface area is 119 Å². The van der Waals surface area contributed by atoms with Gasteiger partial charge in [0.2, 0.25) is 0 Å². The summed E-state index contributed by atoms with van der Waals surface area (Å²) in [4.78, 5) is 13.8. The summed E-state index contributed by atoms with van der Waals surface area (Å²) < 4.78 is 10.8. The predicted molar refractivity (Wildman–Crippen MR) is 75.0 cm³/mol. The van der Waals surface area contributed by atoms with Crippen LogP contribution in [0.3, 0.4) is 0 Å². The van der Waals surface area contributed by atoms with Crippen molar-refractivity contribution in [3.63, 3.8) is 0 Å². The molecule has 0 unspecified atom stereocenters. The minimum atomic E-state index is -0.0934. The van der Waals surface area contributed by atoms with E-state index < -0.39 is 0 Å². The standard InChI is InChI=1S/C15H21NO4/c1-11-5-6-13(14(8-11)19-2)20-10-15(18)16-7-3-4-12(16)9-17/h5-6,8,12,17H,3-4,7,9-10H2,1-2H3/t12-/m0/s1. The number of hydrogen-bond acceptors (Lipinski definition) is 4. The molecule has 0 saturated carbocycles. The molecule has 0 radical (unpaired) electrons. The zero-order chi connectivity index (χ0) is 14.5. The minimum absolute atomic E-state index is 0.0135. The number of ether oxygens (including phenoxy) is 2. The largest absolute Gasteiger partial charge is 0.493 e. The van der Waals surface area contributed by atoms with Gasteiger partial charge >= 0.3 is 0 Å². The highest BCUT2D eigenvalue weighted by molar-refractivity contribution is 5.78. The third kappa shape index (κ3) is 3.22. The molecule has 5 heteroatoms. The fraction of sp³-hybridized carbons (Fsp3) is 0.533. The van der Waals surface area contributed by atoms with Gasteiger partial charge in [-0.15, -0.1) is 0 Å². The number of methoxy groups -OCH3 is 1. The molecular weight excluding hydrogens is 258 g/mol. The molecule has 1 aliphatic heterocycles. The summed E-state index contributed by atoms with van der Waals surface area (Å²) in [6, 6.07) is 5.52. The first-order chi connectivity index (χ1) is 9.65. The maximum absolute atomic E-state index is 12.1. The zero-order valence-electron chi connectivity index (χ0n) is 12.0. The van der Waals surface area contributed by atoms with Gasteiger partial charge in [0.1, 0.15) is 0 Å². The van der Waals surface area contributed by atoms with Crippen LogP contribution < -0.4 is 9.47 Å². The molecule has 2 rings (SSSR count). The van der Waals surface area contributed by atoms with Crippen molar-refractivity contribution < 1.29 is 19.4 Å². The molecule has 20 heavy (non-hydrogen) atoms. The van der Waals surface area contributed by atoms with Gasteiger partial charge in [-0.3, -0.25) is 4.79 Å². The molecule has 0 spiro atoms. The number of aliphatic hydroxyl groups is 1. The quantitative estimate of drug-likeness (QED) is 0.884. The Balaban J connectivity index is 1.96. The fourth-order valence-corrected chi connectivity index (χ4v) is 2.47. The molecule has 0 aromatic heterocycles. The third-order valence-corrected chi connectivity index (χ3v) is 3.58. The van der Waals surface area contributed by atoms with Crippen molar-refractivity contribution in [3.8, 4) is 11.5 Å². The van der Waals surface area contributed by atoms with Crippen molar-refractivity contribution in [2.24, 2.45) is 0 Å². The predicted octanol–water partition coefficient (Wildman–Crippen LogP) is 1.37. The van der Waals surface area contributed by atoms with E-state index in [-0.39, 0.29) is 25.2 Å². The van der Waals surface area contributed by atoms with E-state index in [1.807, 2.05) is 19.1 Å². The van der Waals surface area contributed by atoms with Gasteiger partial charge in [0, 0.05) is 6.54 Å². The van der Waals surface area contributed by atoms with Crippen molar-refractivity contribution in [1.82, 2.24) is 4.90 Å². The zero-order valence-corrected chi connectivity index (χ0v) is 12.0. The fourth-order valence-electron chi connectivity index (χ4n) is 2.47. The number of rotatable bonds is 5. The second-order valence-electron chi connectivity index (χ2n) is 5.01. The highest BCUT2D eigenvalue weighted by Gasteiger charge is 2.28. The van der Waals surface area contributed by atoms with Crippen molar-refractivity contribution in [3.05, 3.63) is 23.8 Å². The van der Waals surface area contributed by atoms with E-state index in [4.69, 9.17) is 9.47 Å². The Morgan fingerprint density at radius 3 is 2.95 bits per heavy atom. The van der Waals surface area contributed by atoms with Crippen LogP contribution in [0.15, 0.2) is 18.2 Å². The number of benzene rings is 1. The molecule has 1 heterocycles. The van der Waals surface area contributed by atoms with Gasteiger partial charge < -0.3 is 19.5 Å². The number of carbonyl (C=O) groups excluding carboxylic acids is 1. The SMILES string of the molecule is COc1cc(C)ccc1OCC(=O)N1CCC[C@H]1CO. The maximum Gasteiger partial charge on any atom is 0.260 e. The highest BCUT2D eigenvalue weighted by atomic mass is 16.5. The first-order valence-electron chi connectivity index (χ1n) is 6.83. The van der Waals surface area contributed by atoms with Crippen LogP contribution in [0, 0.1) is 6.92 Å². The summed E-state index contributed by atoms with van der Waals surface area (Å²) >= 11 is 0. The van der Waals surface area contributed by atoms with Gasteiger partial charge in [-0.05, 0) is 37.5 Å². The first kappa shape index (κ1) is 14.7. The lowest BCUT2D eigenvalue weighted by molar-refractivity contribution is -0.134. The van der Waals surface area contributed by atoms with Crippen LogP contribution >= 0.6 is 0 Å². The average Bonchev–Trinajstić information content (AvgIpc) is 2.94. The van der Waals surface area contributed by atoms with Gasteiger partial charge in [0.25, 0.3) is 5.91 Å². The number of carbonyl (C=O) groups is 1. The summed E-state index contributed by atoms with van der Waals surface area (Å²) in [5, 5.41) is 9.23. The molecule has 5 nitrogen and oxygen atoms in total. The van der Waals surface area contributed by atoms with Crippen molar-refractivity contribution >= 4 is 5.91 Å². The van der Waals surface area contributed by atoms with E-state index in [0.717, 1.165) is 18.4 Å². The summed E-state index contributed by atoms with van der Waals surface area (Å²) in [6.45, 7) is 2.64. The van der Waals surface area contributed by atoms with Gasteiger partial charge in [0.05, 0.1) is 19.8 Å². The van der Waals surface area contributed by atoms with Crippen molar-refractivity contribution in [2.45, 2.75) is 25.8 Å². The number of aliphatic hydroxyl groups excluding tert-OH is 1. The molecule has 1 aromatic rings. The lowest BCUT2D eigenvalue weighted by atomic mass is 10.2. The Morgan fingerprint density at radius 2 is 2.25 bits per heavy atom. The van der Waals surface area contributed by atoms with Gasteiger partial charge in [-0.1, -0.05) is 6.07 Å². The average molecular weight is 279 g/mol. The Bertz CT molecular complexity index is 475. The first-order valence-corrected chi connectivity index (χ1v) is 6.83. The van der Waals surface area contributed by atoms with Crippen LogP contribution in [0.4, 0.5) is 0 Å². The second kappa shape index (κ2) is 6.61. The summed E-state index contributed by atoms with van der Waals surface area (Å²) in [7, 11) is 1.58. The van der Waals surface area contributed by atoms with E-state index >= 15 is 0 Å². The maximum atomic E-state index is 12.1. The number of amides is 1. The summed E-state index contributed by atoms with van der Waals surface area (Å²) in [5.74, 6) is 1.09. The van der Waals surface area contributed by atoms with Gasteiger partial charge in [-0.2, -0.15) is 0 Å². The summed E-state index contributed by atoms with van der Waals surface area (Å²) in [5.41, 5.74) is 1.07. The normalized spacial score (nSPS) is 18.1. The molecule has 1 N–H and O–H groups in total. The molecule has 1 amide bonds. The molecule has 1 fully saturated rings. The van der Waals surface area contributed by atoms with Crippen LogP contribution in [0.5, 0.6) is 11.5 Å². The molecule has 0 aliphatic carbocycles. The van der Waals surface area contributed by atoms with Crippen LogP contribution in [0.2, 0.25) is 0 Å². The van der Waals surface area contributed by atoms with Gasteiger partial charge in [0.15, 0.2) is 18.1 Å². The minimum Gasteiger partial charge on any atom is -0.493 e. The van der Waals surface area contributed by atoms with Crippen LogP contribution in [-0.4, -0.2) is 48.8 Å². The molecule has 1 atom stereocenters. The Morgan fingerprint density at radius 1 is 1.45 bits per heavy atom. The van der Waals surface area contributed by atoms with Crippen molar-refractivity contribution in [1.29, 1.82) is 0 Å². The Kier molecular flexibility index (Phi) is 4.84. The number of aryl methyl sites for hydroxylation is 1. The number of nitrogens with zero attached hydrogens (tertiary/aromatic N) is 1. The van der Waals surface area contributed by atoms with Gasteiger partial charge in [-0.25, -0.2) is 0 Å². The van der Waals surface area contributed by atoms with E-state index in [0.29, 0.717) is 18.0 Å². The highest BCUT2D eigenvalue weighted by Crippen LogP contribution is 2.28. The molecule has 0 bridgehead atoms. The van der Waals surface area contributed by atoms with E-state index in [1.165, 1.54) is 0 Å². The molecular formula is C15H21NO4. The molecule has 1 aromatic carbocycles. The number of likely N-dealkylation sites (tertiary alicyclic amines) is 1. The van der Waals surface area contributed by atoms with E-state index in [1.54, 1.807) is 18.1 Å². The third-order valence-electron chi connectivity index (χ3n) is 3.58. The number of hydrogen-bond donors (Lipinski definition) is 1. The second-order valence-corrected chi connectivity index (χ2v) is 5.01. The molecule has 1 aliphatic rings. The lowest BCUT2D eigenvalue weighted by Crippen LogP contribution is -2.40. The topological polar surface area (TPSA) is 59.0 Å². The van der Waals surface area contributed by atoms with Crippen LogP contribution in [0.1, 0.15) is 18.4 Å². The lowest BCUT2D eigenvalue weighted by Gasteiger charge is -2.23. The molecule has 110 valence electrons. The summed E-state index contributed by atoms with van der Waals surface area (Å²) in [6.07, 6.45) is 1.79. The smallest absolute Gasteiger partial charge is 0.260 e. The molecule has 1 saturated heterocycles. The van der Waals surface area contributed by atoms with Crippen LogP contribution in [0.25, 0.3) is 0 Å². The van der Waals surface area contributed by atoms with E-state index in [2.05, 4.69) is 0 Å². The monoisotopic (exact) mass is 279 g/mol. The van der Waals surface area contributed by atoms with E-state index in [9.17, 15) is 9.90 Å².